The summed E-state index contributed by atoms with van der Waals surface area (Å²) in [5, 5.41) is 88.2. The van der Waals surface area contributed by atoms with E-state index in [1.165, 1.54) is 18.1 Å². The zero-order chi connectivity index (χ0) is 39.9. The maximum absolute atomic E-state index is 12.2. The van der Waals surface area contributed by atoms with Crippen LogP contribution in [0.5, 0.6) is 0 Å². The van der Waals surface area contributed by atoms with Gasteiger partial charge in [0.1, 0.15) is 42.7 Å². The Labute approximate surface area is 321 Å². The smallest absolute Gasteiger partial charge is 0.187 e. The molecule has 4 saturated carbocycles. The molecule has 0 bridgehead atoms. The van der Waals surface area contributed by atoms with E-state index in [0.717, 1.165) is 32.1 Å². The van der Waals surface area contributed by atoms with Crippen molar-refractivity contribution >= 4 is 0 Å². The van der Waals surface area contributed by atoms with Crippen LogP contribution in [0, 0.1) is 45.3 Å². The van der Waals surface area contributed by atoms with E-state index in [2.05, 4.69) is 61.1 Å². The Morgan fingerprint density at radius 3 is 2.15 bits per heavy atom. The molecule has 6 rings (SSSR count). The van der Waals surface area contributed by atoms with Crippen molar-refractivity contribution in [3.05, 3.63) is 23.8 Å². The fourth-order valence-corrected chi connectivity index (χ4v) is 13.0. The lowest BCUT2D eigenvalue weighted by molar-refractivity contribution is -0.381. The molecule has 2 saturated heterocycles. The molecule has 0 aromatic carbocycles. The van der Waals surface area contributed by atoms with Crippen LogP contribution in [-0.2, 0) is 18.9 Å². The first kappa shape index (κ1) is 42.6. The van der Waals surface area contributed by atoms with Crippen LogP contribution in [0.2, 0.25) is 0 Å². The van der Waals surface area contributed by atoms with Crippen molar-refractivity contribution in [3.63, 3.8) is 0 Å². The summed E-state index contributed by atoms with van der Waals surface area (Å²) in [6, 6.07) is 0. The van der Waals surface area contributed by atoms with E-state index >= 15 is 0 Å². The molecule has 12 heteroatoms. The van der Waals surface area contributed by atoms with E-state index in [0.29, 0.717) is 19.3 Å². The van der Waals surface area contributed by atoms with Gasteiger partial charge < -0.3 is 59.8 Å². The monoisotopic (exact) mass is 766 g/mol. The molecule has 0 radical (unpaired) electrons. The Bertz CT molecular complexity index is 1380. The first-order valence-electron chi connectivity index (χ1n) is 20.4. The highest BCUT2D eigenvalue weighted by Crippen LogP contribution is 2.76. The molecule has 0 amide bonds. The summed E-state index contributed by atoms with van der Waals surface area (Å²) in [5.74, 6) is 0.0623. The Hall–Kier alpha value is -1.00. The summed E-state index contributed by atoms with van der Waals surface area (Å²) in [5.41, 5.74) is 0.837. The molecule has 0 aromatic rings. The van der Waals surface area contributed by atoms with Gasteiger partial charge in [0.25, 0.3) is 0 Å². The third-order valence-corrected chi connectivity index (χ3v) is 16.0. The van der Waals surface area contributed by atoms with Crippen LogP contribution >= 0.6 is 0 Å². The van der Waals surface area contributed by atoms with E-state index in [-0.39, 0.29) is 39.9 Å². The van der Waals surface area contributed by atoms with Gasteiger partial charge in [0.15, 0.2) is 12.6 Å². The minimum absolute atomic E-state index is 0.00685. The molecule has 4 unspecified atom stereocenters. The van der Waals surface area contributed by atoms with Crippen LogP contribution in [0.4, 0.5) is 0 Å². The minimum atomic E-state index is -1.68. The lowest BCUT2D eigenvalue weighted by atomic mass is 9.34. The van der Waals surface area contributed by atoms with Crippen LogP contribution in [0.15, 0.2) is 23.8 Å². The molecule has 310 valence electrons. The Morgan fingerprint density at radius 1 is 0.815 bits per heavy atom. The Kier molecular flexibility index (Phi) is 12.1. The van der Waals surface area contributed by atoms with Gasteiger partial charge >= 0.3 is 0 Å². The van der Waals surface area contributed by atoms with E-state index in [4.69, 9.17) is 18.9 Å². The van der Waals surface area contributed by atoms with Gasteiger partial charge in [0, 0.05) is 0 Å². The number of aliphatic hydroxyl groups is 8. The molecule has 4 aliphatic carbocycles. The Balaban J connectivity index is 1.37. The lowest BCUT2D eigenvalue weighted by Gasteiger charge is -2.72. The molecule has 0 spiro atoms. The second-order valence-electron chi connectivity index (χ2n) is 19.6. The largest absolute Gasteiger partial charge is 0.394 e. The maximum atomic E-state index is 12.2. The molecule has 12 nitrogen and oxygen atoms in total. The molecule has 2 heterocycles. The summed E-state index contributed by atoms with van der Waals surface area (Å²) in [7, 11) is 0. The number of hydrogen-bond acceptors (Lipinski definition) is 12. The fraction of sp³-hybridized carbons (Fsp3) is 0.905. The van der Waals surface area contributed by atoms with Gasteiger partial charge in [0.05, 0.1) is 31.0 Å². The van der Waals surface area contributed by atoms with Crippen molar-refractivity contribution in [2.24, 2.45) is 45.3 Å². The molecule has 0 aromatic heterocycles. The van der Waals surface area contributed by atoms with Crippen molar-refractivity contribution in [1.82, 2.24) is 0 Å². The van der Waals surface area contributed by atoms with Crippen molar-refractivity contribution in [3.8, 4) is 0 Å². The second kappa shape index (κ2) is 15.3. The number of allylic oxidation sites excluding steroid dienone is 3. The average Bonchev–Trinajstić information content (AvgIpc) is 3.48. The highest BCUT2D eigenvalue weighted by atomic mass is 16.8. The van der Waals surface area contributed by atoms with E-state index in [1.54, 1.807) is 0 Å². The number of ether oxygens (including phenoxy) is 4. The molecule has 2 aliphatic heterocycles. The van der Waals surface area contributed by atoms with Gasteiger partial charge in [0.2, 0.25) is 0 Å². The quantitative estimate of drug-likeness (QED) is 0.126. The highest BCUT2D eigenvalue weighted by Gasteiger charge is 2.73. The van der Waals surface area contributed by atoms with Crippen LogP contribution in [-0.4, -0.2) is 127 Å². The maximum Gasteiger partial charge on any atom is 0.187 e. The first-order valence-corrected chi connectivity index (χ1v) is 20.4. The summed E-state index contributed by atoms with van der Waals surface area (Å²) >= 11 is 0. The van der Waals surface area contributed by atoms with Crippen LogP contribution in [0.3, 0.4) is 0 Å². The standard InChI is InChI=1S/C42H70O12/c1-20(2)11-10-12-21(3)23-13-16-41(8)29(23)24(44)17-27-40(7)15-14-28(45)39(5,6)36(40)25(18-42(27,41)9)52-38-35(33(49)31(47)26(19-43)53-38)54-37-34(50)32(48)30(46)22(4)51-37/h11,22-38,43-50H,3,10,12-19H2,1-2,4-9H3/t22-,23?,24+,25-,26+,27?,28-,29?,30-,31+,32+,33-,34+,35+,36?,37-,38+,40+,41+,42+/m0/s1. The SMILES string of the molecule is C=C(CCC=C(C)C)C1CC[C@]2(C)C1[C@H](O)CC1[C@@]3(C)CC[C@H](O)C(C)(C)C3[C@@H](O[C@@H]3O[C@H](CO)[C@@H](O)[C@H](O)[C@H]3O[C@@H]3O[C@@H](C)[C@H](O)[C@@H](O)[C@H]3O)C[C@]12C. The molecule has 8 N–H and O–H groups in total. The molecule has 20 atom stereocenters. The summed E-state index contributed by atoms with van der Waals surface area (Å²) < 4.78 is 25.2. The molecular formula is C42H70O12. The summed E-state index contributed by atoms with van der Waals surface area (Å²) in [6.07, 6.45) is -7.55. The molecule has 6 aliphatic rings. The predicted octanol–water partition coefficient (Wildman–Crippen LogP) is 2.95. The lowest BCUT2D eigenvalue weighted by Crippen LogP contribution is -2.71. The van der Waals surface area contributed by atoms with E-state index in [9.17, 15) is 40.9 Å². The van der Waals surface area contributed by atoms with Crippen molar-refractivity contribution < 1.29 is 59.8 Å². The van der Waals surface area contributed by atoms with Crippen LogP contribution < -0.4 is 0 Å². The van der Waals surface area contributed by atoms with Crippen molar-refractivity contribution in [2.75, 3.05) is 6.61 Å². The second-order valence-corrected chi connectivity index (χ2v) is 19.6. The number of hydrogen-bond donors (Lipinski definition) is 8. The first-order chi connectivity index (χ1) is 25.1. The number of aliphatic hydroxyl groups excluding tert-OH is 8. The number of fused-ring (bicyclic) bond motifs is 5. The summed E-state index contributed by atoms with van der Waals surface area (Å²) in [6.45, 7) is 20.8. The van der Waals surface area contributed by atoms with Gasteiger partial charge in [-0.3, -0.25) is 0 Å². The molecule has 54 heavy (non-hydrogen) atoms. The van der Waals surface area contributed by atoms with Gasteiger partial charge in [-0.1, -0.05) is 58.4 Å². The zero-order valence-corrected chi connectivity index (χ0v) is 33.7. The normalized spacial score (nSPS) is 52.9. The third-order valence-electron chi connectivity index (χ3n) is 16.0. The van der Waals surface area contributed by atoms with Gasteiger partial charge in [-0.25, -0.2) is 0 Å². The van der Waals surface area contributed by atoms with E-state index in [1.807, 2.05) is 0 Å². The summed E-state index contributed by atoms with van der Waals surface area (Å²) in [4.78, 5) is 0. The molecule has 6 fully saturated rings. The molecular weight excluding hydrogens is 696 g/mol. The Morgan fingerprint density at radius 2 is 1.50 bits per heavy atom. The van der Waals surface area contributed by atoms with Crippen molar-refractivity contribution in [1.29, 1.82) is 0 Å². The fourth-order valence-electron chi connectivity index (χ4n) is 13.0. The predicted molar refractivity (Wildman–Crippen MR) is 199 cm³/mol. The van der Waals surface area contributed by atoms with Gasteiger partial charge in [-0.05, 0) is 117 Å². The third kappa shape index (κ3) is 6.79. The van der Waals surface area contributed by atoms with Gasteiger partial charge in [-0.2, -0.15) is 0 Å². The average molecular weight is 767 g/mol. The number of rotatable bonds is 9. The van der Waals surface area contributed by atoms with Crippen LogP contribution in [0.1, 0.15) is 107 Å². The zero-order valence-electron chi connectivity index (χ0n) is 33.7. The topological polar surface area (TPSA) is 199 Å². The minimum Gasteiger partial charge on any atom is -0.394 e. The van der Waals surface area contributed by atoms with Crippen molar-refractivity contribution in [2.45, 2.75) is 186 Å². The van der Waals surface area contributed by atoms with Crippen LogP contribution in [0.25, 0.3) is 0 Å². The highest BCUT2D eigenvalue weighted by molar-refractivity contribution is 5.24. The van der Waals surface area contributed by atoms with Gasteiger partial charge in [-0.15, -0.1) is 0 Å². The van der Waals surface area contributed by atoms with E-state index < -0.39 is 91.7 Å².